The molecular formula is C26H26ClF3N2O3. The Balaban J connectivity index is 1.75. The zero-order valence-corrected chi connectivity index (χ0v) is 20.2. The van der Waals surface area contributed by atoms with Crippen molar-refractivity contribution in [3.8, 4) is 11.6 Å². The topological polar surface area (TPSA) is 60.5 Å². The summed E-state index contributed by atoms with van der Waals surface area (Å²) in [6, 6.07) is 16.5. The Labute approximate surface area is 207 Å². The first-order valence-corrected chi connectivity index (χ1v) is 11.5. The summed E-state index contributed by atoms with van der Waals surface area (Å²) in [5, 5.41) is 2.79. The highest BCUT2D eigenvalue weighted by Gasteiger charge is 2.32. The minimum Gasteiger partial charge on any atom is -0.454 e. The van der Waals surface area contributed by atoms with Gasteiger partial charge in [0, 0.05) is 6.07 Å². The third-order valence-electron chi connectivity index (χ3n) is 5.20. The second-order valence-corrected chi connectivity index (χ2v) is 8.62. The molecular weight excluding hydrogens is 481 g/mol. The molecule has 0 spiro atoms. The number of rotatable bonds is 9. The number of halogens is 4. The molecule has 186 valence electrons. The summed E-state index contributed by atoms with van der Waals surface area (Å²) < 4.78 is 50.4. The number of alkyl halides is 3. The average Bonchev–Trinajstić information content (AvgIpc) is 2.81. The third-order valence-corrected chi connectivity index (χ3v) is 5.51. The Kier molecular flexibility index (Phi) is 8.62. The molecule has 0 aliphatic rings. The molecule has 3 rings (SSSR count). The van der Waals surface area contributed by atoms with Gasteiger partial charge in [0.1, 0.15) is 17.9 Å². The Morgan fingerprint density at radius 1 is 1.06 bits per heavy atom. The number of nitrogens with zero attached hydrogens (tertiary/aromatic N) is 1. The Bertz CT molecular complexity index is 1140. The van der Waals surface area contributed by atoms with Crippen molar-refractivity contribution in [3.05, 3.63) is 83.0 Å². The van der Waals surface area contributed by atoms with Gasteiger partial charge in [0.15, 0.2) is 0 Å². The number of carbonyl (C=O) groups excluding carboxylic acids is 1. The van der Waals surface area contributed by atoms with Crippen LogP contribution in [0.25, 0.3) is 0 Å². The number of anilines is 1. The van der Waals surface area contributed by atoms with Crippen molar-refractivity contribution in [2.75, 3.05) is 5.32 Å². The number of benzene rings is 2. The molecule has 0 aliphatic heterocycles. The summed E-state index contributed by atoms with van der Waals surface area (Å²) in [5.41, 5.74) is -0.143. The van der Waals surface area contributed by atoms with Crippen LogP contribution in [-0.2, 0) is 15.7 Å². The molecule has 9 heteroatoms. The number of ether oxygens (including phenoxy) is 2. The Morgan fingerprint density at radius 2 is 1.77 bits per heavy atom. The lowest BCUT2D eigenvalue weighted by Crippen LogP contribution is -2.37. The smallest absolute Gasteiger partial charge is 0.416 e. The van der Waals surface area contributed by atoms with Gasteiger partial charge in [-0.05, 0) is 48.7 Å². The molecule has 1 aromatic heterocycles. The average molecular weight is 507 g/mol. The van der Waals surface area contributed by atoms with E-state index >= 15 is 0 Å². The number of para-hydroxylation sites is 1. The zero-order chi connectivity index (χ0) is 25.6. The van der Waals surface area contributed by atoms with Gasteiger partial charge in [-0.2, -0.15) is 13.2 Å². The van der Waals surface area contributed by atoms with Gasteiger partial charge in [-0.3, -0.25) is 0 Å². The molecule has 2 aromatic carbocycles. The lowest BCUT2D eigenvalue weighted by atomic mass is 10.0. The molecule has 35 heavy (non-hydrogen) atoms. The predicted molar refractivity (Wildman–Crippen MR) is 129 cm³/mol. The molecule has 0 fully saturated rings. The normalized spacial score (nSPS) is 13.3. The molecule has 0 saturated carbocycles. The van der Waals surface area contributed by atoms with E-state index in [9.17, 15) is 18.0 Å². The lowest BCUT2D eigenvalue weighted by Gasteiger charge is -2.25. The molecule has 1 N–H and O–H groups in total. The van der Waals surface area contributed by atoms with Crippen LogP contribution in [0.3, 0.4) is 0 Å². The molecule has 1 heterocycles. The number of pyridine rings is 1. The second kappa shape index (κ2) is 11.4. The maximum Gasteiger partial charge on any atom is 0.416 e. The quantitative estimate of drug-likeness (QED) is 0.302. The number of nitrogens with one attached hydrogen (secondary N) is 1. The summed E-state index contributed by atoms with van der Waals surface area (Å²) in [7, 11) is 0. The first kappa shape index (κ1) is 26.3. The van der Waals surface area contributed by atoms with E-state index in [1.54, 1.807) is 44.2 Å². The van der Waals surface area contributed by atoms with E-state index in [2.05, 4.69) is 10.3 Å². The van der Waals surface area contributed by atoms with Crippen LogP contribution in [0.2, 0.25) is 5.02 Å². The van der Waals surface area contributed by atoms with E-state index in [0.717, 1.165) is 12.1 Å². The van der Waals surface area contributed by atoms with Gasteiger partial charge in [-0.15, -0.1) is 0 Å². The number of hydrogen-bond acceptors (Lipinski definition) is 5. The summed E-state index contributed by atoms with van der Waals surface area (Å²) >= 11 is 6.06. The molecule has 2 unspecified atom stereocenters. The van der Waals surface area contributed by atoms with Gasteiger partial charge in [-0.25, -0.2) is 9.78 Å². The highest BCUT2D eigenvalue weighted by molar-refractivity contribution is 6.33. The third kappa shape index (κ3) is 7.11. The molecule has 0 amide bonds. The summed E-state index contributed by atoms with van der Waals surface area (Å²) in [5.74, 6) is 0.177. The number of esters is 1. The monoisotopic (exact) mass is 506 g/mol. The fourth-order valence-corrected chi connectivity index (χ4v) is 3.55. The highest BCUT2D eigenvalue weighted by atomic mass is 35.5. The fourth-order valence-electron chi connectivity index (χ4n) is 3.32. The summed E-state index contributed by atoms with van der Waals surface area (Å²) in [6.07, 6.45) is -4.70. The molecule has 0 saturated heterocycles. The minimum atomic E-state index is -4.52. The van der Waals surface area contributed by atoms with Crippen LogP contribution < -0.4 is 10.1 Å². The number of carbonyl (C=O) groups is 1. The second-order valence-electron chi connectivity index (χ2n) is 8.21. The molecule has 3 aromatic rings. The standard InChI is InChI=1S/C26H26ClF3N2O3/c1-4-22(21-11-8-12-23(31-21)34-18-9-6-5-7-10-18)35-25(33)24(16(2)3)32-20-14-13-17(15-19(20)27)26(28,29)30/h5-16,22,24,32H,4H2,1-3H3. The first-order valence-electron chi connectivity index (χ1n) is 11.1. The lowest BCUT2D eigenvalue weighted by molar-refractivity contribution is -0.152. The molecule has 0 radical (unpaired) electrons. The van der Waals surface area contributed by atoms with Crippen LogP contribution in [0.1, 0.15) is 44.6 Å². The molecule has 0 aliphatic carbocycles. The van der Waals surface area contributed by atoms with E-state index in [1.807, 2.05) is 25.1 Å². The van der Waals surface area contributed by atoms with E-state index in [-0.39, 0.29) is 16.6 Å². The van der Waals surface area contributed by atoms with E-state index in [0.29, 0.717) is 23.7 Å². The van der Waals surface area contributed by atoms with Crippen LogP contribution in [0.15, 0.2) is 66.7 Å². The largest absolute Gasteiger partial charge is 0.454 e. The van der Waals surface area contributed by atoms with Crippen molar-refractivity contribution in [1.82, 2.24) is 4.98 Å². The summed E-state index contributed by atoms with van der Waals surface area (Å²) in [6.45, 7) is 5.45. The van der Waals surface area contributed by atoms with Crippen molar-refractivity contribution >= 4 is 23.3 Å². The van der Waals surface area contributed by atoms with Crippen LogP contribution in [0.5, 0.6) is 11.6 Å². The van der Waals surface area contributed by atoms with Crippen molar-refractivity contribution in [3.63, 3.8) is 0 Å². The van der Waals surface area contributed by atoms with Gasteiger partial charge in [0.25, 0.3) is 0 Å². The zero-order valence-electron chi connectivity index (χ0n) is 19.5. The van der Waals surface area contributed by atoms with Crippen LogP contribution in [0, 0.1) is 5.92 Å². The fraction of sp³-hybridized carbons (Fsp3) is 0.308. The van der Waals surface area contributed by atoms with Crippen LogP contribution in [-0.4, -0.2) is 17.0 Å². The highest BCUT2D eigenvalue weighted by Crippen LogP contribution is 2.34. The summed E-state index contributed by atoms with van der Waals surface area (Å²) in [4.78, 5) is 17.6. The van der Waals surface area contributed by atoms with E-state index in [1.165, 1.54) is 6.07 Å². The van der Waals surface area contributed by atoms with Crippen molar-refractivity contribution in [2.45, 2.75) is 45.5 Å². The minimum absolute atomic E-state index is 0.141. The SMILES string of the molecule is CCC(OC(=O)C(Nc1ccc(C(F)(F)F)cc1Cl)C(C)C)c1cccc(Oc2ccccc2)n1. The van der Waals surface area contributed by atoms with Gasteiger partial charge >= 0.3 is 12.1 Å². The Hall–Kier alpha value is -3.26. The van der Waals surface area contributed by atoms with E-state index in [4.69, 9.17) is 21.1 Å². The first-order chi connectivity index (χ1) is 16.6. The number of hydrogen-bond donors (Lipinski definition) is 1. The predicted octanol–water partition coefficient (Wildman–Crippen LogP) is 7.68. The van der Waals surface area contributed by atoms with Crippen molar-refractivity contribution < 1.29 is 27.4 Å². The molecule has 0 bridgehead atoms. The molecule has 2 atom stereocenters. The molecule has 5 nitrogen and oxygen atoms in total. The van der Waals surface area contributed by atoms with Gasteiger partial charge < -0.3 is 14.8 Å². The van der Waals surface area contributed by atoms with Crippen molar-refractivity contribution in [1.29, 1.82) is 0 Å². The van der Waals surface area contributed by atoms with Crippen molar-refractivity contribution in [2.24, 2.45) is 5.92 Å². The van der Waals surface area contributed by atoms with Crippen LogP contribution in [0.4, 0.5) is 18.9 Å². The maximum atomic E-state index is 13.1. The van der Waals surface area contributed by atoms with Crippen LogP contribution >= 0.6 is 11.6 Å². The van der Waals surface area contributed by atoms with Gasteiger partial charge in [0.05, 0.1) is 22.0 Å². The number of aromatic nitrogens is 1. The maximum absolute atomic E-state index is 13.1. The van der Waals surface area contributed by atoms with Gasteiger partial charge in [0.2, 0.25) is 5.88 Å². The Morgan fingerprint density at radius 3 is 2.37 bits per heavy atom. The van der Waals surface area contributed by atoms with Gasteiger partial charge in [-0.1, -0.05) is 56.6 Å². The van der Waals surface area contributed by atoms with E-state index < -0.39 is 29.9 Å².